The van der Waals surface area contributed by atoms with Gasteiger partial charge in [-0.2, -0.15) is 0 Å². The molecule has 0 atom stereocenters. The minimum Gasteiger partial charge on any atom is -0.299 e. The molecule has 0 aliphatic heterocycles. The van der Waals surface area contributed by atoms with Crippen LogP contribution in [-0.4, -0.2) is 9.55 Å². The van der Waals surface area contributed by atoms with Crippen molar-refractivity contribution in [2.24, 2.45) is 0 Å². The molecule has 1 rings (SSSR count). The minimum atomic E-state index is -0.152. The van der Waals surface area contributed by atoms with Gasteiger partial charge in [-0.05, 0) is 12.5 Å². The molecule has 60 valence electrons. The summed E-state index contributed by atoms with van der Waals surface area (Å²) in [6.45, 7) is 2.88. The molecule has 0 bridgehead atoms. The zero-order valence-electron chi connectivity index (χ0n) is 6.66. The van der Waals surface area contributed by atoms with E-state index in [9.17, 15) is 4.79 Å². The van der Waals surface area contributed by atoms with Crippen molar-refractivity contribution in [1.82, 2.24) is 9.55 Å². The summed E-state index contributed by atoms with van der Waals surface area (Å²) < 4.78 is 1.63. The molecule has 11 heavy (non-hydrogen) atoms. The lowest BCUT2D eigenvalue weighted by Crippen LogP contribution is -2.21. The monoisotopic (exact) mass is 152 g/mol. The molecule has 3 nitrogen and oxygen atoms in total. The molecule has 1 heterocycles. The van der Waals surface area contributed by atoms with Crippen LogP contribution in [-0.2, 0) is 6.54 Å². The summed E-state index contributed by atoms with van der Waals surface area (Å²) in [6, 6.07) is 1.77. The van der Waals surface area contributed by atoms with E-state index >= 15 is 0 Å². The summed E-state index contributed by atoms with van der Waals surface area (Å²) in [5, 5.41) is 0. The molecule has 0 unspecified atom stereocenters. The molecule has 0 amide bonds. The Labute approximate surface area is 65.7 Å². The maximum absolute atomic E-state index is 11.0. The van der Waals surface area contributed by atoms with Gasteiger partial charge in [-0.25, -0.2) is 9.78 Å². The molecule has 1 aromatic heterocycles. The Morgan fingerprint density at radius 2 is 2.45 bits per heavy atom. The lowest BCUT2D eigenvalue weighted by Gasteiger charge is -2.00. The van der Waals surface area contributed by atoms with Crippen molar-refractivity contribution in [2.75, 3.05) is 0 Å². The van der Waals surface area contributed by atoms with Crippen molar-refractivity contribution in [1.29, 1.82) is 0 Å². The summed E-state index contributed by atoms with van der Waals surface area (Å²) in [5.74, 6) is 0. The smallest absolute Gasteiger partial charge is 0.299 e. The fraction of sp³-hybridized carbons (Fsp3) is 0.500. The highest BCUT2D eigenvalue weighted by atomic mass is 16.1. The highest BCUT2D eigenvalue weighted by molar-refractivity contribution is 4.80. The third-order valence-electron chi connectivity index (χ3n) is 1.54. The molecule has 0 saturated heterocycles. The van der Waals surface area contributed by atoms with Gasteiger partial charge in [0, 0.05) is 18.9 Å². The van der Waals surface area contributed by atoms with Crippen LogP contribution in [0.15, 0.2) is 23.3 Å². The second kappa shape index (κ2) is 3.91. The SMILES string of the molecule is CCCCn1cccnc1=O. The van der Waals surface area contributed by atoms with Gasteiger partial charge in [0.15, 0.2) is 0 Å². The zero-order chi connectivity index (χ0) is 8.10. The first-order valence-electron chi connectivity index (χ1n) is 3.86. The first-order valence-corrected chi connectivity index (χ1v) is 3.86. The fourth-order valence-electron chi connectivity index (χ4n) is 0.886. The highest BCUT2D eigenvalue weighted by Gasteiger charge is 1.91. The summed E-state index contributed by atoms with van der Waals surface area (Å²) in [4.78, 5) is 14.6. The summed E-state index contributed by atoms with van der Waals surface area (Å²) in [5.41, 5.74) is -0.152. The van der Waals surface area contributed by atoms with Crippen molar-refractivity contribution in [3.8, 4) is 0 Å². The molecule has 0 saturated carbocycles. The Hall–Kier alpha value is -1.12. The normalized spacial score (nSPS) is 9.91. The lowest BCUT2D eigenvalue weighted by molar-refractivity contribution is 0.599. The summed E-state index contributed by atoms with van der Waals surface area (Å²) >= 11 is 0. The van der Waals surface area contributed by atoms with Crippen LogP contribution in [0.3, 0.4) is 0 Å². The average Bonchev–Trinajstić information content (AvgIpc) is 2.03. The predicted octanol–water partition coefficient (Wildman–Crippen LogP) is 1.04. The lowest BCUT2D eigenvalue weighted by atomic mass is 10.3. The first-order chi connectivity index (χ1) is 5.34. The number of rotatable bonds is 3. The van der Waals surface area contributed by atoms with Crippen molar-refractivity contribution in [3.63, 3.8) is 0 Å². The van der Waals surface area contributed by atoms with Gasteiger partial charge in [0.05, 0.1) is 0 Å². The van der Waals surface area contributed by atoms with E-state index in [1.807, 2.05) is 0 Å². The van der Waals surface area contributed by atoms with Gasteiger partial charge in [0.25, 0.3) is 0 Å². The van der Waals surface area contributed by atoms with E-state index in [0.29, 0.717) is 0 Å². The quantitative estimate of drug-likeness (QED) is 0.648. The maximum Gasteiger partial charge on any atom is 0.347 e. The van der Waals surface area contributed by atoms with E-state index < -0.39 is 0 Å². The van der Waals surface area contributed by atoms with Gasteiger partial charge in [0.2, 0.25) is 0 Å². The highest BCUT2D eigenvalue weighted by Crippen LogP contribution is 1.89. The van der Waals surface area contributed by atoms with Crippen LogP contribution in [0.2, 0.25) is 0 Å². The van der Waals surface area contributed by atoms with Crippen LogP contribution >= 0.6 is 0 Å². The predicted molar refractivity (Wildman–Crippen MR) is 43.4 cm³/mol. The van der Waals surface area contributed by atoms with Gasteiger partial charge >= 0.3 is 5.69 Å². The Morgan fingerprint density at radius 1 is 1.64 bits per heavy atom. The van der Waals surface area contributed by atoms with Gasteiger partial charge in [-0.1, -0.05) is 13.3 Å². The van der Waals surface area contributed by atoms with E-state index in [-0.39, 0.29) is 5.69 Å². The van der Waals surface area contributed by atoms with E-state index in [0.717, 1.165) is 19.4 Å². The standard InChI is InChI=1S/C8H12N2O/c1-2-3-6-10-7-4-5-9-8(10)11/h4-5,7H,2-3,6H2,1H3. The molecule has 0 radical (unpaired) electrons. The summed E-state index contributed by atoms with van der Waals surface area (Å²) in [7, 11) is 0. The molecular formula is C8H12N2O. The Morgan fingerprint density at radius 3 is 3.09 bits per heavy atom. The van der Waals surface area contributed by atoms with Crippen molar-refractivity contribution < 1.29 is 0 Å². The van der Waals surface area contributed by atoms with Crippen molar-refractivity contribution in [3.05, 3.63) is 28.9 Å². The number of nitrogens with zero attached hydrogens (tertiary/aromatic N) is 2. The minimum absolute atomic E-state index is 0.152. The number of aryl methyl sites for hydroxylation is 1. The number of unbranched alkanes of at least 4 members (excludes halogenated alkanes) is 1. The van der Waals surface area contributed by atoms with Crippen LogP contribution in [0.25, 0.3) is 0 Å². The van der Waals surface area contributed by atoms with Gasteiger partial charge in [-0.3, -0.25) is 4.57 Å². The van der Waals surface area contributed by atoms with E-state index in [4.69, 9.17) is 0 Å². The first kappa shape index (κ1) is 7.98. The van der Waals surface area contributed by atoms with Crippen LogP contribution in [0.1, 0.15) is 19.8 Å². The van der Waals surface area contributed by atoms with Crippen molar-refractivity contribution in [2.45, 2.75) is 26.3 Å². The third-order valence-corrected chi connectivity index (χ3v) is 1.54. The fourth-order valence-corrected chi connectivity index (χ4v) is 0.886. The van der Waals surface area contributed by atoms with Crippen LogP contribution in [0.4, 0.5) is 0 Å². The van der Waals surface area contributed by atoms with Crippen molar-refractivity contribution >= 4 is 0 Å². The number of hydrogen-bond acceptors (Lipinski definition) is 2. The number of hydrogen-bond donors (Lipinski definition) is 0. The topological polar surface area (TPSA) is 34.9 Å². The molecule has 0 fully saturated rings. The molecule has 0 aromatic carbocycles. The Balaban J connectivity index is 2.70. The Bertz CT molecular complexity index is 267. The van der Waals surface area contributed by atoms with Crippen LogP contribution in [0, 0.1) is 0 Å². The molecule has 0 N–H and O–H groups in total. The second-order valence-electron chi connectivity index (χ2n) is 2.45. The third kappa shape index (κ3) is 2.18. The van der Waals surface area contributed by atoms with Gasteiger partial charge in [0.1, 0.15) is 0 Å². The average molecular weight is 152 g/mol. The molecule has 1 aromatic rings. The van der Waals surface area contributed by atoms with Crippen LogP contribution < -0.4 is 5.69 Å². The molecule has 0 aliphatic carbocycles. The van der Waals surface area contributed by atoms with E-state index in [1.165, 1.54) is 6.20 Å². The zero-order valence-corrected chi connectivity index (χ0v) is 6.66. The van der Waals surface area contributed by atoms with E-state index in [2.05, 4.69) is 11.9 Å². The molecular weight excluding hydrogens is 140 g/mol. The van der Waals surface area contributed by atoms with Gasteiger partial charge in [-0.15, -0.1) is 0 Å². The second-order valence-corrected chi connectivity index (χ2v) is 2.45. The summed E-state index contributed by atoms with van der Waals surface area (Å²) in [6.07, 6.45) is 5.42. The molecule has 0 aliphatic rings. The van der Waals surface area contributed by atoms with E-state index in [1.54, 1.807) is 16.8 Å². The van der Waals surface area contributed by atoms with Gasteiger partial charge < -0.3 is 0 Å². The maximum atomic E-state index is 11.0. The largest absolute Gasteiger partial charge is 0.347 e. The molecule has 0 spiro atoms. The Kier molecular flexibility index (Phi) is 2.83. The molecule has 3 heteroatoms. The van der Waals surface area contributed by atoms with Crippen LogP contribution in [0.5, 0.6) is 0 Å². The number of aromatic nitrogens is 2.